The molecule has 122 valence electrons. The predicted molar refractivity (Wildman–Crippen MR) is 87.9 cm³/mol. The van der Waals surface area contributed by atoms with Gasteiger partial charge >= 0.3 is 0 Å². The fourth-order valence-corrected chi connectivity index (χ4v) is 3.38. The lowest BCUT2D eigenvalue weighted by Crippen LogP contribution is -2.37. The van der Waals surface area contributed by atoms with Gasteiger partial charge in [0.05, 0.1) is 12.0 Å². The average Bonchev–Trinajstić information content (AvgIpc) is 2.59. The number of hydrogen-bond donors (Lipinski definition) is 1. The molecule has 5 nitrogen and oxygen atoms in total. The highest BCUT2D eigenvalue weighted by Crippen LogP contribution is 2.16. The van der Waals surface area contributed by atoms with E-state index in [1.165, 1.54) is 19.1 Å². The summed E-state index contributed by atoms with van der Waals surface area (Å²) in [5.41, 5.74) is 0.835. The van der Waals surface area contributed by atoms with Crippen molar-refractivity contribution in [2.45, 2.75) is 23.6 Å². The van der Waals surface area contributed by atoms with Gasteiger partial charge in [-0.1, -0.05) is 30.3 Å². The summed E-state index contributed by atoms with van der Waals surface area (Å²) in [6.45, 7) is 1.63. The standard InChI is InChI=1S/C17H19NO4S/c1-13(23(20,21)16-9-4-3-5-10-16)17(19)18-12-14-7-6-8-15(11-14)22-2/h3-11,13H,12H2,1-2H3,(H,18,19). The lowest BCUT2D eigenvalue weighted by molar-refractivity contribution is -0.120. The van der Waals surface area contributed by atoms with Crippen molar-refractivity contribution >= 4 is 15.7 Å². The van der Waals surface area contributed by atoms with Crippen molar-refractivity contribution in [2.24, 2.45) is 0 Å². The van der Waals surface area contributed by atoms with Gasteiger partial charge < -0.3 is 10.1 Å². The Labute approximate surface area is 136 Å². The maximum Gasteiger partial charge on any atom is 0.238 e. The molecule has 0 aromatic heterocycles. The molecule has 0 saturated heterocycles. The molecule has 1 unspecified atom stereocenters. The van der Waals surface area contributed by atoms with Gasteiger partial charge in [-0.15, -0.1) is 0 Å². The molecule has 0 aliphatic carbocycles. The van der Waals surface area contributed by atoms with E-state index in [1.54, 1.807) is 37.4 Å². The number of carbonyl (C=O) groups is 1. The summed E-state index contributed by atoms with van der Waals surface area (Å²) >= 11 is 0. The minimum atomic E-state index is -3.69. The third kappa shape index (κ3) is 4.10. The van der Waals surface area contributed by atoms with E-state index < -0.39 is 21.0 Å². The van der Waals surface area contributed by atoms with Crippen LogP contribution in [0.15, 0.2) is 59.5 Å². The molecule has 2 aromatic rings. The van der Waals surface area contributed by atoms with Crippen molar-refractivity contribution in [3.63, 3.8) is 0 Å². The minimum absolute atomic E-state index is 0.143. The Morgan fingerprint density at radius 3 is 2.48 bits per heavy atom. The van der Waals surface area contributed by atoms with Crippen molar-refractivity contribution in [3.05, 3.63) is 60.2 Å². The number of rotatable bonds is 6. The first-order valence-electron chi connectivity index (χ1n) is 7.14. The van der Waals surface area contributed by atoms with Crippen LogP contribution in [0.1, 0.15) is 12.5 Å². The summed E-state index contributed by atoms with van der Waals surface area (Å²) in [4.78, 5) is 12.3. The number of hydrogen-bond acceptors (Lipinski definition) is 4. The molecule has 2 rings (SSSR count). The monoisotopic (exact) mass is 333 g/mol. The summed E-state index contributed by atoms with van der Waals surface area (Å²) in [6, 6.07) is 15.2. The van der Waals surface area contributed by atoms with Crippen molar-refractivity contribution in [3.8, 4) is 5.75 Å². The van der Waals surface area contributed by atoms with Crippen LogP contribution < -0.4 is 10.1 Å². The second-order valence-electron chi connectivity index (χ2n) is 5.07. The summed E-state index contributed by atoms with van der Waals surface area (Å²) < 4.78 is 29.9. The zero-order valence-corrected chi connectivity index (χ0v) is 13.8. The van der Waals surface area contributed by atoms with E-state index in [9.17, 15) is 13.2 Å². The van der Waals surface area contributed by atoms with Gasteiger partial charge in [0.25, 0.3) is 0 Å². The van der Waals surface area contributed by atoms with Crippen LogP contribution in [0.25, 0.3) is 0 Å². The third-order valence-corrected chi connectivity index (χ3v) is 5.58. The van der Waals surface area contributed by atoms with Crippen LogP contribution in [0, 0.1) is 0 Å². The smallest absolute Gasteiger partial charge is 0.238 e. The van der Waals surface area contributed by atoms with E-state index >= 15 is 0 Å². The van der Waals surface area contributed by atoms with E-state index in [2.05, 4.69) is 5.32 Å². The first kappa shape index (κ1) is 17.0. The van der Waals surface area contributed by atoms with Gasteiger partial charge in [0, 0.05) is 6.54 Å². The zero-order chi connectivity index (χ0) is 16.9. The van der Waals surface area contributed by atoms with Crippen molar-refractivity contribution < 1.29 is 17.9 Å². The van der Waals surface area contributed by atoms with Crippen molar-refractivity contribution in [1.82, 2.24) is 5.32 Å². The van der Waals surface area contributed by atoms with E-state index in [-0.39, 0.29) is 11.4 Å². The van der Waals surface area contributed by atoms with Gasteiger partial charge in [-0.3, -0.25) is 4.79 Å². The van der Waals surface area contributed by atoms with E-state index in [1.807, 2.05) is 12.1 Å². The molecule has 0 aliphatic heterocycles. The van der Waals surface area contributed by atoms with Gasteiger partial charge in [-0.25, -0.2) is 8.42 Å². The molecule has 1 N–H and O–H groups in total. The molecular weight excluding hydrogens is 314 g/mol. The summed E-state index contributed by atoms with van der Waals surface area (Å²) in [6.07, 6.45) is 0. The second-order valence-corrected chi connectivity index (χ2v) is 7.34. The van der Waals surface area contributed by atoms with Crippen LogP contribution >= 0.6 is 0 Å². The number of amides is 1. The van der Waals surface area contributed by atoms with Gasteiger partial charge in [0.2, 0.25) is 5.91 Å². The van der Waals surface area contributed by atoms with Crippen LogP contribution in [0.2, 0.25) is 0 Å². The average molecular weight is 333 g/mol. The SMILES string of the molecule is COc1cccc(CNC(=O)C(C)S(=O)(=O)c2ccccc2)c1. The molecule has 2 aromatic carbocycles. The highest BCUT2D eigenvalue weighted by atomic mass is 32.2. The van der Waals surface area contributed by atoms with Crippen LogP contribution in [0.5, 0.6) is 5.75 Å². The highest BCUT2D eigenvalue weighted by molar-refractivity contribution is 7.92. The van der Waals surface area contributed by atoms with E-state index in [0.717, 1.165) is 5.56 Å². The van der Waals surface area contributed by atoms with Gasteiger partial charge in [0.15, 0.2) is 9.84 Å². The Balaban J connectivity index is 2.05. The molecule has 1 amide bonds. The first-order valence-corrected chi connectivity index (χ1v) is 8.69. The number of nitrogens with one attached hydrogen (secondary N) is 1. The largest absolute Gasteiger partial charge is 0.497 e. The quantitative estimate of drug-likeness (QED) is 0.879. The molecule has 6 heteroatoms. The predicted octanol–water partition coefficient (Wildman–Crippen LogP) is 2.17. The zero-order valence-electron chi connectivity index (χ0n) is 13.0. The summed E-state index contributed by atoms with van der Waals surface area (Å²) in [5, 5.41) is 1.50. The van der Waals surface area contributed by atoms with Crippen LogP contribution in [-0.2, 0) is 21.2 Å². The van der Waals surface area contributed by atoms with E-state index in [4.69, 9.17) is 4.74 Å². The van der Waals surface area contributed by atoms with Gasteiger partial charge in [-0.2, -0.15) is 0 Å². The number of carbonyl (C=O) groups excluding carboxylic acids is 1. The molecule has 0 radical (unpaired) electrons. The highest BCUT2D eigenvalue weighted by Gasteiger charge is 2.29. The third-order valence-electron chi connectivity index (χ3n) is 3.51. The molecule has 0 heterocycles. The Bertz CT molecular complexity index is 772. The number of benzene rings is 2. The maximum atomic E-state index is 12.4. The van der Waals surface area contributed by atoms with Gasteiger partial charge in [0.1, 0.15) is 11.0 Å². The first-order chi connectivity index (χ1) is 10.9. The van der Waals surface area contributed by atoms with Crippen LogP contribution in [0.3, 0.4) is 0 Å². The maximum absolute atomic E-state index is 12.4. The minimum Gasteiger partial charge on any atom is -0.497 e. The van der Waals surface area contributed by atoms with Crippen molar-refractivity contribution in [2.75, 3.05) is 7.11 Å². The Morgan fingerprint density at radius 1 is 1.13 bits per heavy atom. The number of sulfone groups is 1. The van der Waals surface area contributed by atoms with Crippen LogP contribution in [-0.4, -0.2) is 26.7 Å². The molecule has 0 bridgehead atoms. The molecule has 1 atom stereocenters. The lowest BCUT2D eigenvalue weighted by atomic mass is 10.2. The topological polar surface area (TPSA) is 72.5 Å². The molecule has 0 saturated carbocycles. The summed E-state index contributed by atoms with van der Waals surface area (Å²) in [7, 11) is -2.13. The molecular formula is C17H19NO4S. The molecule has 0 fully saturated rings. The van der Waals surface area contributed by atoms with Gasteiger partial charge in [-0.05, 0) is 36.8 Å². The fourth-order valence-electron chi connectivity index (χ4n) is 2.07. The Morgan fingerprint density at radius 2 is 1.83 bits per heavy atom. The molecule has 0 spiro atoms. The van der Waals surface area contributed by atoms with Crippen molar-refractivity contribution in [1.29, 1.82) is 0 Å². The molecule has 0 aliphatic rings. The fraction of sp³-hybridized carbons (Fsp3) is 0.235. The van der Waals surface area contributed by atoms with E-state index in [0.29, 0.717) is 5.75 Å². The second kappa shape index (κ2) is 7.28. The Hall–Kier alpha value is -2.34. The number of ether oxygens (including phenoxy) is 1. The normalized spacial score (nSPS) is 12.4. The van der Waals surface area contributed by atoms with Crippen LogP contribution in [0.4, 0.5) is 0 Å². The number of methoxy groups -OCH3 is 1. The Kier molecular flexibility index (Phi) is 5.39. The molecule has 23 heavy (non-hydrogen) atoms. The summed E-state index contributed by atoms with van der Waals surface area (Å²) in [5.74, 6) is 0.151. The lowest BCUT2D eigenvalue weighted by Gasteiger charge is -2.13.